The number of nitrogens with zero attached hydrogens (tertiary/aromatic N) is 1. The van der Waals surface area contributed by atoms with E-state index in [9.17, 15) is 9.90 Å². The van der Waals surface area contributed by atoms with Gasteiger partial charge in [-0.15, -0.1) is 0 Å². The predicted molar refractivity (Wildman–Crippen MR) is 72.7 cm³/mol. The van der Waals surface area contributed by atoms with Crippen LogP contribution in [-0.4, -0.2) is 33.9 Å². The Bertz CT molecular complexity index is 450. The minimum Gasteiger partial charge on any atom is -0.396 e. The van der Waals surface area contributed by atoms with E-state index in [-0.39, 0.29) is 24.0 Å². The molecular formula is C14H23N3O2. The molecule has 1 aromatic rings. The highest BCUT2D eigenvalue weighted by Gasteiger charge is 2.39. The van der Waals surface area contributed by atoms with Crippen LogP contribution in [0.25, 0.3) is 0 Å². The van der Waals surface area contributed by atoms with Gasteiger partial charge in [0.1, 0.15) is 0 Å². The molecule has 2 unspecified atom stereocenters. The maximum atomic E-state index is 12.1. The summed E-state index contributed by atoms with van der Waals surface area (Å²) in [5.41, 5.74) is 2.63. The van der Waals surface area contributed by atoms with Crippen LogP contribution in [0.15, 0.2) is 0 Å². The fourth-order valence-electron chi connectivity index (χ4n) is 2.91. The van der Waals surface area contributed by atoms with Gasteiger partial charge in [-0.2, -0.15) is 5.10 Å². The van der Waals surface area contributed by atoms with Gasteiger partial charge in [-0.25, -0.2) is 0 Å². The summed E-state index contributed by atoms with van der Waals surface area (Å²) < 4.78 is 0. The van der Waals surface area contributed by atoms with Gasteiger partial charge in [0.25, 0.3) is 0 Å². The summed E-state index contributed by atoms with van der Waals surface area (Å²) in [7, 11) is 0. The molecule has 2 rings (SSSR count). The molecule has 0 radical (unpaired) electrons. The van der Waals surface area contributed by atoms with Crippen molar-refractivity contribution in [2.24, 2.45) is 5.41 Å². The normalized spacial score (nSPS) is 26.6. The topological polar surface area (TPSA) is 78.0 Å². The number of H-pyrrole nitrogens is 1. The van der Waals surface area contributed by atoms with E-state index in [2.05, 4.69) is 15.5 Å². The van der Waals surface area contributed by atoms with Gasteiger partial charge in [0, 0.05) is 22.7 Å². The molecule has 1 aliphatic carbocycles. The van der Waals surface area contributed by atoms with Crippen molar-refractivity contribution in [2.45, 2.75) is 52.5 Å². The minimum absolute atomic E-state index is 0.0131. The highest BCUT2D eigenvalue weighted by atomic mass is 16.3. The quantitative estimate of drug-likeness (QED) is 0.766. The summed E-state index contributed by atoms with van der Waals surface area (Å²) >= 11 is 0. The van der Waals surface area contributed by atoms with E-state index in [1.807, 2.05) is 20.8 Å². The number of aromatic amines is 1. The number of carbonyl (C=O) groups is 1. The van der Waals surface area contributed by atoms with Crippen molar-refractivity contribution in [3.63, 3.8) is 0 Å². The zero-order chi connectivity index (χ0) is 14.0. The second kappa shape index (κ2) is 5.33. The Morgan fingerprint density at radius 3 is 2.89 bits per heavy atom. The Hall–Kier alpha value is -1.36. The molecule has 106 valence electrons. The molecule has 1 amide bonds. The van der Waals surface area contributed by atoms with Crippen LogP contribution in [0.3, 0.4) is 0 Å². The Morgan fingerprint density at radius 1 is 1.58 bits per heavy atom. The standard InChI is InChI=1S/C14H23N3O2/c1-9-11(10(2)17-16-9)7-13(19)15-12-5-4-6-14(12,3)8-18/h12,18H,4-8H2,1-3H3,(H,15,19)(H,16,17). The van der Waals surface area contributed by atoms with E-state index in [0.29, 0.717) is 6.42 Å². The minimum atomic E-state index is -0.170. The Morgan fingerprint density at radius 2 is 2.32 bits per heavy atom. The molecule has 0 saturated heterocycles. The number of aliphatic hydroxyl groups is 1. The van der Waals surface area contributed by atoms with E-state index in [1.54, 1.807) is 0 Å². The van der Waals surface area contributed by atoms with Crippen LogP contribution in [0.5, 0.6) is 0 Å². The van der Waals surface area contributed by atoms with E-state index in [4.69, 9.17) is 0 Å². The van der Waals surface area contributed by atoms with E-state index < -0.39 is 0 Å². The van der Waals surface area contributed by atoms with E-state index >= 15 is 0 Å². The summed E-state index contributed by atoms with van der Waals surface area (Å²) in [5.74, 6) is 0.0131. The first-order valence-electron chi connectivity index (χ1n) is 6.87. The molecule has 0 aliphatic heterocycles. The molecule has 3 N–H and O–H groups in total. The van der Waals surface area contributed by atoms with Gasteiger partial charge >= 0.3 is 0 Å². The molecule has 0 aromatic carbocycles. The van der Waals surface area contributed by atoms with Crippen molar-refractivity contribution in [3.05, 3.63) is 17.0 Å². The summed E-state index contributed by atoms with van der Waals surface area (Å²) in [4.78, 5) is 12.1. The van der Waals surface area contributed by atoms with E-state index in [1.165, 1.54) is 0 Å². The van der Waals surface area contributed by atoms with Crippen LogP contribution >= 0.6 is 0 Å². The van der Waals surface area contributed by atoms with Crippen LogP contribution in [0.1, 0.15) is 43.1 Å². The number of aromatic nitrogens is 2. The maximum Gasteiger partial charge on any atom is 0.224 e. The fraction of sp³-hybridized carbons (Fsp3) is 0.714. The number of nitrogens with one attached hydrogen (secondary N) is 2. The average Bonchev–Trinajstić information content (AvgIpc) is 2.88. The second-order valence-corrected chi connectivity index (χ2v) is 5.91. The van der Waals surface area contributed by atoms with Crippen molar-refractivity contribution < 1.29 is 9.90 Å². The first-order chi connectivity index (χ1) is 8.96. The third-order valence-electron chi connectivity index (χ3n) is 4.40. The van der Waals surface area contributed by atoms with Gasteiger partial charge in [-0.1, -0.05) is 13.3 Å². The van der Waals surface area contributed by atoms with E-state index in [0.717, 1.165) is 36.2 Å². The summed E-state index contributed by atoms with van der Waals surface area (Å²) in [6.07, 6.45) is 3.34. The number of amides is 1. The second-order valence-electron chi connectivity index (χ2n) is 5.91. The summed E-state index contributed by atoms with van der Waals surface area (Å²) in [5, 5.41) is 19.6. The van der Waals surface area contributed by atoms with Gasteiger partial charge in [-0.05, 0) is 26.7 Å². The zero-order valence-corrected chi connectivity index (χ0v) is 11.9. The lowest BCUT2D eigenvalue weighted by Gasteiger charge is -2.30. The molecule has 1 aliphatic rings. The molecule has 1 aromatic heterocycles. The van der Waals surface area contributed by atoms with Crippen molar-refractivity contribution >= 4 is 5.91 Å². The van der Waals surface area contributed by atoms with Gasteiger partial charge in [0.15, 0.2) is 0 Å². The Labute approximate surface area is 113 Å². The van der Waals surface area contributed by atoms with Crippen LogP contribution in [0.2, 0.25) is 0 Å². The third-order valence-corrected chi connectivity index (χ3v) is 4.40. The average molecular weight is 265 g/mol. The highest BCUT2D eigenvalue weighted by Crippen LogP contribution is 2.37. The van der Waals surface area contributed by atoms with Crippen LogP contribution in [0, 0.1) is 19.3 Å². The summed E-state index contributed by atoms with van der Waals surface area (Å²) in [6, 6.07) is 0.0810. The number of hydrogen-bond acceptors (Lipinski definition) is 3. The van der Waals surface area contributed by atoms with Crippen molar-refractivity contribution in [3.8, 4) is 0 Å². The molecule has 19 heavy (non-hydrogen) atoms. The van der Waals surface area contributed by atoms with Gasteiger partial charge in [0.05, 0.1) is 18.7 Å². The smallest absolute Gasteiger partial charge is 0.224 e. The molecule has 0 spiro atoms. The van der Waals surface area contributed by atoms with Crippen LogP contribution in [-0.2, 0) is 11.2 Å². The van der Waals surface area contributed by atoms with Crippen molar-refractivity contribution in [2.75, 3.05) is 6.61 Å². The molecule has 1 saturated carbocycles. The SMILES string of the molecule is Cc1n[nH]c(C)c1CC(=O)NC1CCCC1(C)CO. The Kier molecular flexibility index (Phi) is 3.94. The molecule has 1 fully saturated rings. The van der Waals surface area contributed by atoms with Crippen LogP contribution in [0.4, 0.5) is 0 Å². The number of aryl methyl sites for hydroxylation is 2. The fourth-order valence-corrected chi connectivity index (χ4v) is 2.91. The molecule has 5 nitrogen and oxygen atoms in total. The number of hydrogen-bond donors (Lipinski definition) is 3. The van der Waals surface area contributed by atoms with Crippen LogP contribution < -0.4 is 5.32 Å². The largest absolute Gasteiger partial charge is 0.396 e. The van der Waals surface area contributed by atoms with Gasteiger partial charge in [0.2, 0.25) is 5.91 Å². The first-order valence-corrected chi connectivity index (χ1v) is 6.87. The number of carbonyl (C=O) groups excluding carboxylic acids is 1. The number of aliphatic hydroxyl groups excluding tert-OH is 1. The lowest BCUT2D eigenvalue weighted by Crippen LogP contribution is -2.45. The molecule has 5 heteroatoms. The lowest BCUT2D eigenvalue weighted by atomic mass is 9.85. The first kappa shape index (κ1) is 14.1. The Balaban J connectivity index is 1.99. The van der Waals surface area contributed by atoms with Crippen molar-refractivity contribution in [1.82, 2.24) is 15.5 Å². The molecule has 2 atom stereocenters. The highest BCUT2D eigenvalue weighted by molar-refractivity contribution is 5.79. The molecule has 0 bridgehead atoms. The zero-order valence-electron chi connectivity index (χ0n) is 11.9. The summed E-state index contributed by atoms with van der Waals surface area (Å²) in [6.45, 7) is 6.00. The predicted octanol–water partition coefficient (Wildman–Crippen LogP) is 1.24. The maximum absolute atomic E-state index is 12.1. The lowest BCUT2D eigenvalue weighted by molar-refractivity contribution is -0.122. The monoisotopic (exact) mass is 265 g/mol. The van der Waals surface area contributed by atoms with Gasteiger partial charge in [-0.3, -0.25) is 9.89 Å². The molecule has 1 heterocycles. The van der Waals surface area contributed by atoms with Gasteiger partial charge < -0.3 is 10.4 Å². The van der Waals surface area contributed by atoms with Crippen molar-refractivity contribution in [1.29, 1.82) is 0 Å². The molecular weight excluding hydrogens is 242 g/mol. The number of rotatable bonds is 4. The third kappa shape index (κ3) is 2.81.